The number of aryl methyl sites for hydroxylation is 3. The summed E-state index contributed by atoms with van der Waals surface area (Å²) in [6.07, 6.45) is 5.35. The molecule has 1 amide bonds. The van der Waals surface area contributed by atoms with Gasteiger partial charge in [-0.3, -0.25) is 4.79 Å². The molecule has 0 saturated carbocycles. The predicted molar refractivity (Wildman–Crippen MR) is 135 cm³/mol. The quantitative estimate of drug-likeness (QED) is 0.356. The average molecular weight is 474 g/mol. The van der Waals surface area contributed by atoms with Crippen LogP contribution in [0.25, 0.3) is 11.1 Å². The predicted octanol–water partition coefficient (Wildman–Crippen LogP) is 5.90. The zero-order valence-electron chi connectivity index (χ0n) is 19.8. The van der Waals surface area contributed by atoms with Gasteiger partial charge in [0, 0.05) is 22.0 Å². The van der Waals surface area contributed by atoms with Crippen LogP contribution in [0.2, 0.25) is 0 Å². The minimum Gasteiger partial charge on any atom is -0.478 e. The number of aromatic carboxylic acids is 1. The summed E-state index contributed by atoms with van der Waals surface area (Å²) < 4.78 is 1.94. The fourth-order valence-corrected chi connectivity index (χ4v) is 6.05. The molecule has 0 fully saturated rings. The second-order valence-electron chi connectivity index (χ2n) is 8.73. The SMILES string of the molecule is Cc1cccc(NC(=O)C(C#N)=Cc2cc(C)n(-c3sc4c(c3C(=O)O)CCCC4)c2C)c1C. The molecule has 174 valence electrons. The summed E-state index contributed by atoms with van der Waals surface area (Å²) >= 11 is 1.54. The number of carboxylic acids is 1. The largest absolute Gasteiger partial charge is 0.478 e. The number of carboxylic acid groups (broad SMARTS) is 1. The van der Waals surface area contributed by atoms with E-state index in [0.717, 1.165) is 58.6 Å². The minimum absolute atomic E-state index is 0.00918. The van der Waals surface area contributed by atoms with Crippen molar-refractivity contribution in [3.05, 3.63) is 73.9 Å². The topological polar surface area (TPSA) is 95.1 Å². The van der Waals surface area contributed by atoms with Crippen molar-refractivity contribution >= 4 is 35.0 Å². The molecule has 2 N–H and O–H groups in total. The highest BCUT2D eigenvalue weighted by Gasteiger charge is 2.27. The number of nitriles is 1. The van der Waals surface area contributed by atoms with Gasteiger partial charge in [-0.05, 0) is 93.8 Å². The van der Waals surface area contributed by atoms with Gasteiger partial charge in [0.05, 0.1) is 5.56 Å². The van der Waals surface area contributed by atoms with Gasteiger partial charge >= 0.3 is 5.97 Å². The second-order valence-corrected chi connectivity index (χ2v) is 9.81. The average Bonchev–Trinajstić information content (AvgIpc) is 3.31. The third-order valence-electron chi connectivity index (χ3n) is 6.56. The van der Waals surface area contributed by atoms with Gasteiger partial charge in [-0.25, -0.2) is 4.79 Å². The Balaban J connectivity index is 1.73. The number of amides is 1. The summed E-state index contributed by atoms with van der Waals surface area (Å²) in [4.78, 5) is 26.2. The number of aromatic nitrogens is 1. The Bertz CT molecular complexity index is 1380. The van der Waals surface area contributed by atoms with Crippen LogP contribution in [0.3, 0.4) is 0 Å². The Morgan fingerprint density at radius 1 is 1.18 bits per heavy atom. The summed E-state index contributed by atoms with van der Waals surface area (Å²) in [7, 11) is 0. The van der Waals surface area contributed by atoms with Crippen LogP contribution in [0, 0.1) is 39.0 Å². The van der Waals surface area contributed by atoms with Gasteiger partial charge in [-0.1, -0.05) is 12.1 Å². The number of hydrogen-bond acceptors (Lipinski definition) is 4. The van der Waals surface area contributed by atoms with Crippen molar-refractivity contribution in [2.24, 2.45) is 0 Å². The van der Waals surface area contributed by atoms with Gasteiger partial charge in [0.2, 0.25) is 0 Å². The molecule has 1 aromatic carbocycles. The first-order valence-corrected chi connectivity index (χ1v) is 12.1. The highest BCUT2D eigenvalue weighted by atomic mass is 32.1. The molecule has 2 heterocycles. The number of nitrogens with one attached hydrogen (secondary N) is 1. The molecule has 0 unspecified atom stereocenters. The fourth-order valence-electron chi connectivity index (χ4n) is 4.56. The van der Waals surface area contributed by atoms with Crippen LogP contribution in [0.5, 0.6) is 0 Å². The Hall–Kier alpha value is -3.63. The second kappa shape index (κ2) is 9.32. The molecule has 34 heavy (non-hydrogen) atoms. The number of carbonyl (C=O) groups excluding carboxylic acids is 1. The Kier molecular flexibility index (Phi) is 6.45. The van der Waals surface area contributed by atoms with E-state index in [1.807, 2.05) is 62.6 Å². The van der Waals surface area contributed by atoms with E-state index in [-0.39, 0.29) is 5.57 Å². The maximum atomic E-state index is 12.9. The molecule has 0 radical (unpaired) electrons. The third kappa shape index (κ3) is 4.17. The molecule has 0 saturated heterocycles. The molecule has 2 aromatic heterocycles. The smallest absolute Gasteiger partial charge is 0.339 e. The van der Waals surface area contributed by atoms with E-state index in [2.05, 4.69) is 5.32 Å². The third-order valence-corrected chi connectivity index (χ3v) is 7.83. The number of carbonyl (C=O) groups is 2. The molecule has 0 aliphatic heterocycles. The summed E-state index contributed by atoms with van der Waals surface area (Å²) in [5.41, 5.74) is 6.37. The van der Waals surface area contributed by atoms with E-state index in [4.69, 9.17) is 0 Å². The minimum atomic E-state index is -0.912. The van der Waals surface area contributed by atoms with Crippen molar-refractivity contribution in [1.82, 2.24) is 4.57 Å². The molecular formula is C27H27N3O3S. The summed E-state index contributed by atoms with van der Waals surface area (Å²) in [5, 5.41) is 23.2. The van der Waals surface area contributed by atoms with Gasteiger partial charge in [-0.15, -0.1) is 11.3 Å². The van der Waals surface area contributed by atoms with Crippen LogP contribution in [0.15, 0.2) is 29.8 Å². The Labute approximate surface area is 203 Å². The molecule has 3 aromatic rings. The molecule has 0 bridgehead atoms. The fraction of sp³-hybridized carbons (Fsp3) is 0.296. The normalized spacial score (nSPS) is 13.3. The van der Waals surface area contributed by atoms with Crippen LogP contribution in [-0.4, -0.2) is 21.6 Å². The van der Waals surface area contributed by atoms with E-state index in [0.29, 0.717) is 21.8 Å². The number of hydrogen-bond donors (Lipinski definition) is 2. The number of rotatable bonds is 5. The summed E-state index contributed by atoms with van der Waals surface area (Å²) in [6, 6.07) is 9.55. The molecule has 4 rings (SSSR count). The van der Waals surface area contributed by atoms with Gasteiger partial charge in [0.15, 0.2) is 0 Å². The Morgan fingerprint density at radius 2 is 1.91 bits per heavy atom. The summed E-state index contributed by atoms with van der Waals surface area (Å²) in [6.45, 7) is 7.70. The van der Waals surface area contributed by atoms with Crippen molar-refractivity contribution in [1.29, 1.82) is 5.26 Å². The van der Waals surface area contributed by atoms with Crippen molar-refractivity contribution in [2.45, 2.75) is 53.4 Å². The monoisotopic (exact) mass is 473 g/mol. The van der Waals surface area contributed by atoms with E-state index in [1.165, 1.54) is 11.3 Å². The van der Waals surface area contributed by atoms with Crippen molar-refractivity contribution in [2.75, 3.05) is 5.32 Å². The van der Waals surface area contributed by atoms with Crippen LogP contribution in [0.4, 0.5) is 5.69 Å². The van der Waals surface area contributed by atoms with Crippen molar-refractivity contribution in [3.63, 3.8) is 0 Å². The van der Waals surface area contributed by atoms with Crippen LogP contribution in [0.1, 0.15) is 61.7 Å². The Morgan fingerprint density at radius 3 is 2.62 bits per heavy atom. The van der Waals surface area contributed by atoms with Crippen LogP contribution in [-0.2, 0) is 17.6 Å². The zero-order valence-corrected chi connectivity index (χ0v) is 20.6. The molecule has 0 atom stereocenters. The lowest BCUT2D eigenvalue weighted by Crippen LogP contribution is -2.14. The summed E-state index contributed by atoms with van der Waals surface area (Å²) in [5.74, 6) is -1.39. The lowest BCUT2D eigenvalue weighted by molar-refractivity contribution is -0.112. The maximum Gasteiger partial charge on any atom is 0.339 e. The van der Waals surface area contributed by atoms with Gasteiger partial charge in [-0.2, -0.15) is 5.26 Å². The first kappa shape index (κ1) is 23.5. The highest BCUT2D eigenvalue weighted by molar-refractivity contribution is 7.15. The first-order chi connectivity index (χ1) is 16.2. The van der Waals surface area contributed by atoms with Crippen LogP contribution < -0.4 is 5.32 Å². The van der Waals surface area contributed by atoms with E-state index >= 15 is 0 Å². The zero-order chi connectivity index (χ0) is 24.6. The standard InChI is InChI=1S/C27H27N3O3S/c1-15-8-7-10-22(17(15)3)29-25(31)20(14-28)13-19-12-16(2)30(18(19)4)26-24(27(32)33)21-9-5-6-11-23(21)34-26/h7-8,10,12-13H,5-6,9,11H2,1-4H3,(H,29,31)(H,32,33). The van der Waals surface area contributed by atoms with Gasteiger partial charge < -0.3 is 15.0 Å². The number of anilines is 1. The molecule has 1 aliphatic carbocycles. The van der Waals surface area contributed by atoms with E-state index in [9.17, 15) is 20.0 Å². The molecule has 1 aliphatic rings. The van der Waals surface area contributed by atoms with E-state index in [1.54, 1.807) is 6.08 Å². The molecule has 7 heteroatoms. The molecule has 0 spiro atoms. The lowest BCUT2D eigenvalue weighted by atomic mass is 9.95. The molecular weight excluding hydrogens is 446 g/mol. The molecule has 6 nitrogen and oxygen atoms in total. The lowest BCUT2D eigenvalue weighted by Gasteiger charge is -2.11. The number of nitrogens with zero attached hydrogens (tertiary/aromatic N) is 2. The van der Waals surface area contributed by atoms with Crippen molar-refractivity contribution < 1.29 is 14.7 Å². The first-order valence-electron chi connectivity index (χ1n) is 11.3. The highest BCUT2D eigenvalue weighted by Crippen LogP contribution is 2.39. The number of benzene rings is 1. The van der Waals surface area contributed by atoms with Gasteiger partial charge in [0.1, 0.15) is 16.6 Å². The number of thiophene rings is 1. The van der Waals surface area contributed by atoms with E-state index < -0.39 is 11.9 Å². The van der Waals surface area contributed by atoms with Gasteiger partial charge in [0.25, 0.3) is 5.91 Å². The van der Waals surface area contributed by atoms with Crippen molar-refractivity contribution in [3.8, 4) is 11.1 Å². The number of fused-ring (bicyclic) bond motifs is 1. The maximum absolute atomic E-state index is 12.9. The van der Waals surface area contributed by atoms with Crippen LogP contribution >= 0.6 is 11.3 Å².